The largest absolute Gasteiger partial charge is 0.454 e. The van der Waals surface area contributed by atoms with Crippen LogP contribution in [-0.4, -0.2) is 24.7 Å². The van der Waals surface area contributed by atoms with E-state index < -0.39 is 0 Å². The highest BCUT2D eigenvalue weighted by molar-refractivity contribution is 7.22. The molecular formula is C18H16N2O3S. The summed E-state index contributed by atoms with van der Waals surface area (Å²) >= 11 is 1.53. The standard InChI is InChI=1S/C18H16N2O3S/c1-20(18-19-13-4-2-3-5-16(13)24-18)17(21)9-7-12-6-8-14-15(10-12)23-11-22-14/h2-6,8,10H,7,9,11H2,1H3. The Morgan fingerprint density at radius 3 is 2.92 bits per heavy atom. The van der Waals surface area contributed by atoms with E-state index in [4.69, 9.17) is 9.47 Å². The molecule has 0 fully saturated rings. The van der Waals surface area contributed by atoms with Crippen LogP contribution in [0.25, 0.3) is 10.2 Å². The van der Waals surface area contributed by atoms with Crippen molar-refractivity contribution in [1.29, 1.82) is 0 Å². The average Bonchev–Trinajstić information content (AvgIpc) is 3.24. The summed E-state index contributed by atoms with van der Waals surface area (Å²) in [5, 5.41) is 0.729. The summed E-state index contributed by atoms with van der Waals surface area (Å²) in [6.45, 7) is 0.262. The van der Waals surface area contributed by atoms with Gasteiger partial charge in [-0.05, 0) is 36.2 Å². The van der Waals surface area contributed by atoms with Crippen LogP contribution < -0.4 is 14.4 Å². The second-order valence-electron chi connectivity index (χ2n) is 5.60. The van der Waals surface area contributed by atoms with Gasteiger partial charge in [0.2, 0.25) is 12.7 Å². The zero-order valence-electron chi connectivity index (χ0n) is 13.2. The third-order valence-corrected chi connectivity index (χ3v) is 5.12. The molecule has 1 aromatic heterocycles. The molecule has 0 saturated carbocycles. The molecule has 5 nitrogen and oxygen atoms in total. The minimum Gasteiger partial charge on any atom is -0.454 e. The van der Waals surface area contributed by atoms with Gasteiger partial charge in [-0.25, -0.2) is 4.98 Å². The maximum atomic E-state index is 12.5. The summed E-state index contributed by atoms with van der Waals surface area (Å²) in [7, 11) is 1.78. The molecule has 0 unspecified atom stereocenters. The van der Waals surface area contributed by atoms with Crippen molar-refractivity contribution in [2.45, 2.75) is 12.8 Å². The number of benzene rings is 2. The van der Waals surface area contributed by atoms with Gasteiger partial charge in [-0.2, -0.15) is 0 Å². The third-order valence-electron chi connectivity index (χ3n) is 4.01. The normalized spacial score (nSPS) is 12.5. The molecule has 24 heavy (non-hydrogen) atoms. The first-order valence-corrected chi connectivity index (χ1v) is 8.53. The van der Waals surface area contributed by atoms with Crippen LogP contribution >= 0.6 is 11.3 Å². The average molecular weight is 340 g/mol. The predicted octanol–water partition coefficient (Wildman–Crippen LogP) is 3.62. The zero-order chi connectivity index (χ0) is 16.5. The van der Waals surface area contributed by atoms with Gasteiger partial charge in [0.15, 0.2) is 16.6 Å². The van der Waals surface area contributed by atoms with Crippen molar-refractivity contribution in [3.63, 3.8) is 0 Å². The second kappa shape index (κ2) is 6.13. The lowest BCUT2D eigenvalue weighted by Gasteiger charge is -2.13. The lowest BCUT2D eigenvalue weighted by Crippen LogP contribution is -2.26. The number of rotatable bonds is 4. The Hall–Kier alpha value is -2.60. The summed E-state index contributed by atoms with van der Waals surface area (Å²) in [6.07, 6.45) is 1.08. The Balaban J connectivity index is 1.43. The van der Waals surface area contributed by atoms with E-state index in [2.05, 4.69) is 4.98 Å². The fourth-order valence-corrected chi connectivity index (χ4v) is 3.57. The Kier molecular flexibility index (Phi) is 3.82. The van der Waals surface area contributed by atoms with Gasteiger partial charge in [0.05, 0.1) is 10.2 Å². The molecule has 1 amide bonds. The number of para-hydroxylation sites is 1. The van der Waals surface area contributed by atoms with Gasteiger partial charge in [0, 0.05) is 13.5 Å². The number of amides is 1. The van der Waals surface area contributed by atoms with E-state index in [-0.39, 0.29) is 12.7 Å². The molecule has 4 rings (SSSR count). The molecule has 0 aliphatic carbocycles. The number of hydrogen-bond acceptors (Lipinski definition) is 5. The van der Waals surface area contributed by atoms with Gasteiger partial charge in [0.25, 0.3) is 0 Å². The van der Waals surface area contributed by atoms with Crippen LogP contribution in [0.2, 0.25) is 0 Å². The highest BCUT2D eigenvalue weighted by Gasteiger charge is 2.17. The minimum atomic E-state index is 0.0479. The Morgan fingerprint density at radius 1 is 1.21 bits per heavy atom. The van der Waals surface area contributed by atoms with Crippen molar-refractivity contribution < 1.29 is 14.3 Å². The van der Waals surface area contributed by atoms with E-state index in [1.807, 2.05) is 42.5 Å². The second-order valence-corrected chi connectivity index (χ2v) is 6.61. The maximum Gasteiger partial charge on any atom is 0.231 e. The van der Waals surface area contributed by atoms with Crippen molar-refractivity contribution in [2.24, 2.45) is 0 Å². The summed E-state index contributed by atoms with van der Waals surface area (Å²) in [4.78, 5) is 18.6. The number of thiazole rings is 1. The number of ether oxygens (including phenoxy) is 2. The summed E-state index contributed by atoms with van der Waals surface area (Å²) in [6, 6.07) is 13.7. The van der Waals surface area contributed by atoms with E-state index in [1.165, 1.54) is 11.3 Å². The third kappa shape index (κ3) is 2.80. The number of aryl methyl sites for hydroxylation is 1. The molecule has 3 aromatic rings. The van der Waals surface area contributed by atoms with Gasteiger partial charge >= 0.3 is 0 Å². The highest BCUT2D eigenvalue weighted by Crippen LogP contribution is 2.33. The van der Waals surface area contributed by atoms with Gasteiger partial charge < -0.3 is 9.47 Å². The van der Waals surface area contributed by atoms with E-state index in [1.54, 1.807) is 11.9 Å². The van der Waals surface area contributed by atoms with Crippen LogP contribution in [0.1, 0.15) is 12.0 Å². The van der Waals surface area contributed by atoms with Crippen molar-refractivity contribution >= 4 is 32.6 Å². The number of fused-ring (bicyclic) bond motifs is 2. The number of hydrogen-bond donors (Lipinski definition) is 0. The number of anilines is 1. The van der Waals surface area contributed by atoms with Crippen molar-refractivity contribution in [3.8, 4) is 11.5 Å². The molecular weight excluding hydrogens is 324 g/mol. The highest BCUT2D eigenvalue weighted by atomic mass is 32.1. The van der Waals surface area contributed by atoms with Gasteiger partial charge in [-0.1, -0.05) is 29.5 Å². The smallest absolute Gasteiger partial charge is 0.231 e. The van der Waals surface area contributed by atoms with Crippen LogP contribution in [0.4, 0.5) is 5.13 Å². The summed E-state index contributed by atoms with van der Waals surface area (Å²) in [5.74, 6) is 1.56. The molecule has 0 saturated heterocycles. The molecule has 0 N–H and O–H groups in total. The molecule has 0 atom stereocenters. The number of carbonyl (C=O) groups excluding carboxylic acids is 1. The zero-order valence-corrected chi connectivity index (χ0v) is 14.0. The van der Waals surface area contributed by atoms with Crippen LogP contribution in [0, 0.1) is 0 Å². The molecule has 2 aromatic carbocycles. The van der Waals surface area contributed by atoms with E-state index in [0.717, 1.165) is 32.4 Å². The lowest BCUT2D eigenvalue weighted by atomic mass is 10.1. The van der Waals surface area contributed by atoms with Crippen LogP contribution in [0.3, 0.4) is 0 Å². The topological polar surface area (TPSA) is 51.7 Å². The molecule has 0 radical (unpaired) electrons. The van der Waals surface area contributed by atoms with E-state index in [0.29, 0.717) is 12.8 Å². The van der Waals surface area contributed by atoms with Crippen molar-refractivity contribution in [2.75, 3.05) is 18.7 Å². The first-order valence-electron chi connectivity index (χ1n) is 7.71. The lowest BCUT2D eigenvalue weighted by molar-refractivity contribution is -0.118. The van der Waals surface area contributed by atoms with E-state index >= 15 is 0 Å². The fraction of sp³-hybridized carbons (Fsp3) is 0.222. The van der Waals surface area contributed by atoms with Crippen LogP contribution in [0.5, 0.6) is 11.5 Å². The quantitative estimate of drug-likeness (QED) is 0.728. The van der Waals surface area contributed by atoms with Gasteiger partial charge in [0.1, 0.15) is 0 Å². The fourth-order valence-electron chi connectivity index (χ4n) is 2.63. The van der Waals surface area contributed by atoms with Crippen LogP contribution in [0.15, 0.2) is 42.5 Å². The molecule has 1 aliphatic heterocycles. The molecule has 0 bridgehead atoms. The first kappa shape index (κ1) is 15.0. The Morgan fingerprint density at radius 2 is 2.04 bits per heavy atom. The SMILES string of the molecule is CN(C(=O)CCc1ccc2c(c1)OCO2)c1nc2ccccc2s1. The van der Waals surface area contributed by atoms with Crippen LogP contribution in [-0.2, 0) is 11.2 Å². The summed E-state index contributed by atoms with van der Waals surface area (Å²) < 4.78 is 11.8. The molecule has 0 spiro atoms. The minimum absolute atomic E-state index is 0.0479. The molecule has 2 heterocycles. The Bertz CT molecular complexity index is 873. The number of nitrogens with zero attached hydrogens (tertiary/aromatic N) is 2. The summed E-state index contributed by atoms with van der Waals surface area (Å²) in [5.41, 5.74) is 1.98. The van der Waals surface area contributed by atoms with Crippen molar-refractivity contribution in [3.05, 3.63) is 48.0 Å². The monoisotopic (exact) mass is 340 g/mol. The molecule has 6 heteroatoms. The van der Waals surface area contributed by atoms with Gasteiger partial charge in [-0.3, -0.25) is 9.69 Å². The van der Waals surface area contributed by atoms with E-state index in [9.17, 15) is 4.79 Å². The van der Waals surface area contributed by atoms with Gasteiger partial charge in [-0.15, -0.1) is 0 Å². The first-order chi connectivity index (χ1) is 11.7. The Labute approximate surface area is 143 Å². The molecule has 122 valence electrons. The number of aromatic nitrogens is 1. The maximum absolute atomic E-state index is 12.5. The predicted molar refractivity (Wildman–Crippen MR) is 93.9 cm³/mol. The molecule has 1 aliphatic rings. The number of carbonyl (C=O) groups is 1. The van der Waals surface area contributed by atoms with Crippen molar-refractivity contribution in [1.82, 2.24) is 4.98 Å².